The number of hydrogen-bond acceptors (Lipinski definition) is 5. The van der Waals surface area contributed by atoms with Crippen molar-refractivity contribution in [1.29, 1.82) is 0 Å². The van der Waals surface area contributed by atoms with Crippen LogP contribution in [0.15, 0.2) is 30.5 Å². The average molecular weight is 416 g/mol. The highest BCUT2D eigenvalue weighted by Crippen LogP contribution is 2.44. The van der Waals surface area contributed by atoms with E-state index in [1.54, 1.807) is 11.3 Å². The summed E-state index contributed by atoms with van der Waals surface area (Å²) in [5.74, 6) is 6.69. The second kappa shape index (κ2) is 7.10. The second-order valence-electron chi connectivity index (χ2n) is 7.78. The summed E-state index contributed by atoms with van der Waals surface area (Å²) in [4.78, 5) is 4.85. The standard InChI is InChI=1S/C23H21N5OS/c1-27-20-11-15(4-5-16(20)14-24-27)22-19-13-21-18(23(19)26-25-22)12-17(30-21)3-2-6-28-7-9-29-10-8-28/h4-5,11-12,14H,6-10,13H2,1H3,(H,25,26). The Labute approximate surface area is 178 Å². The summed E-state index contributed by atoms with van der Waals surface area (Å²) in [5, 5.41) is 13.4. The monoisotopic (exact) mass is 415 g/mol. The lowest BCUT2D eigenvalue weighted by Gasteiger charge is -2.24. The third-order valence-electron chi connectivity index (χ3n) is 5.92. The van der Waals surface area contributed by atoms with E-state index >= 15 is 0 Å². The normalized spacial score (nSPS) is 15.8. The van der Waals surface area contributed by atoms with Crippen LogP contribution in [0.4, 0.5) is 0 Å². The van der Waals surface area contributed by atoms with Gasteiger partial charge in [-0.2, -0.15) is 10.2 Å². The van der Waals surface area contributed by atoms with Gasteiger partial charge in [-0.15, -0.1) is 11.3 Å². The molecule has 1 saturated heterocycles. The molecule has 0 atom stereocenters. The molecule has 1 aromatic carbocycles. The lowest BCUT2D eigenvalue weighted by Crippen LogP contribution is -2.36. The number of hydrogen-bond donors (Lipinski definition) is 1. The Kier molecular flexibility index (Phi) is 4.23. The van der Waals surface area contributed by atoms with Crippen molar-refractivity contribution in [3.63, 3.8) is 0 Å². The highest BCUT2D eigenvalue weighted by molar-refractivity contribution is 7.13. The molecule has 1 aliphatic heterocycles. The van der Waals surface area contributed by atoms with Crippen LogP contribution in [-0.4, -0.2) is 57.7 Å². The molecule has 0 saturated carbocycles. The summed E-state index contributed by atoms with van der Waals surface area (Å²) in [6.45, 7) is 4.38. The van der Waals surface area contributed by atoms with Crippen molar-refractivity contribution in [1.82, 2.24) is 24.9 Å². The molecule has 7 heteroatoms. The molecule has 0 amide bonds. The number of nitrogens with one attached hydrogen (secondary N) is 1. The van der Waals surface area contributed by atoms with Gasteiger partial charge in [-0.25, -0.2) is 0 Å². The Hall–Kier alpha value is -2.92. The fourth-order valence-electron chi connectivity index (χ4n) is 4.28. The molecule has 30 heavy (non-hydrogen) atoms. The molecule has 3 aromatic heterocycles. The molecule has 0 radical (unpaired) electrons. The molecule has 2 aliphatic rings. The zero-order valence-corrected chi connectivity index (χ0v) is 17.6. The first-order chi connectivity index (χ1) is 14.8. The van der Waals surface area contributed by atoms with Gasteiger partial charge in [0.05, 0.1) is 47.7 Å². The van der Waals surface area contributed by atoms with E-state index < -0.39 is 0 Å². The van der Waals surface area contributed by atoms with E-state index in [9.17, 15) is 0 Å². The molecule has 1 fully saturated rings. The van der Waals surface area contributed by atoms with E-state index in [-0.39, 0.29) is 0 Å². The number of rotatable bonds is 2. The minimum Gasteiger partial charge on any atom is -0.379 e. The van der Waals surface area contributed by atoms with E-state index in [1.165, 1.54) is 16.0 Å². The molecule has 4 heterocycles. The van der Waals surface area contributed by atoms with Crippen LogP contribution in [0.2, 0.25) is 0 Å². The number of aromatic nitrogens is 4. The first-order valence-corrected chi connectivity index (χ1v) is 11.0. The van der Waals surface area contributed by atoms with Crippen molar-refractivity contribution >= 4 is 22.2 Å². The number of thiophene rings is 1. The Bertz CT molecular complexity index is 1310. The highest BCUT2D eigenvalue weighted by Gasteiger charge is 2.27. The number of aryl methyl sites for hydroxylation is 1. The molecular formula is C23H21N5OS. The number of H-pyrrole nitrogens is 1. The molecule has 1 N–H and O–H groups in total. The third kappa shape index (κ3) is 2.96. The molecule has 6 nitrogen and oxygen atoms in total. The number of benzene rings is 1. The van der Waals surface area contributed by atoms with E-state index in [1.807, 2.05) is 17.9 Å². The van der Waals surface area contributed by atoms with Crippen LogP contribution in [0.5, 0.6) is 0 Å². The predicted octanol–water partition coefficient (Wildman–Crippen LogP) is 3.28. The maximum Gasteiger partial charge on any atom is 0.0963 e. The quantitative estimate of drug-likeness (QED) is 0.450. The molecule has 0 bridgehead atoms. The topological polar surface area (TPSA) is 59.0 Å². The molecular weight excluding hydrogens is 394 g/mol. The van der Waals surface area contributed by atoms with E-state index in [0.29, 0.717) is 0 Å². The first kappa shape index (κ1) is 17.9. The summed E-state index contributed by atoms with van der Waals surface area (Å²) < 4.78 is 7.30. The van der Waals surface area contributed by atoms with Gasteiger partial charge >= 0.3 is 0 Å². The van der Waals surface area contributed by atoms with Crippen LogP contribution in [0.3, 0.4) is 0 Å². The Balaban J connectivity index is 1.26. The highest BCUT2D eigenvalue weighted by atomic mass is 32.1. The van der Waals surface area contributed by atoms with E-state index in [4.69, 9.17) is 4.74 Å². The van der Waals surface area contributed by atoms with Crippen molar-refractivity contribution in [2.75, 3.05) is 32.8 Å². The average Bonchev–Trinajstić information content (AvgIpc) is 3.51. The van der Waals surface area contributed by atoms with Crippen molar-refractivity contribution in [3.05, 3.63) is 45.8 Å². The Morgan fingerprint density at radius 1 is 1.23 bits per heavy atom. The van der Waals surface area contributed by atoms with Crippen LogP contribution in [0.25, 0.3) is 33.4 Å². The molecule has 0 spiro atoms. The third-order valence-corrected chi connectivity index (χ3v) is 6.97. The van der Waals surface area contributed by atoms with Gasteiger partial charge < -0.3 is 4.74 Å². The van der Waals surface area contributed by atoms with Gasteiger partial charge in [0.2, 0.25) is 0 Å². The van der Waals surface area contributed by atoms with Gasteiger partial charge in [0, 0.05) is 53.5 Å². The summed E-state index contributed by atoms with van der Waals surface area (Å²) in [7, 11) is 1.97. The lowest BCUT2D eigenvalue weighted by molar-refractivity contribution is 0.0443. The summed E-state index contributed by atoms with van der Waals surface area (Å²) >= 11 is 1.80. The summed E-state index contributed by atoms with van der Waals surface area (Å²) in [5.41, 5.74) is 6.97. The molecule has 4 aromatic rings. The Morgan fingerprint density at radius 3 is 3.03 bits per heavy atom. The van der Waals surface area contributed by atoms with E-state index in [0.717, 1.165) is 72.0 Å². The second-order valence-corrected chi connectivity index (χ2v) is 8.92. The minimum atomic E-state index is 0.807. The maximum atomic E-state index is 5.39. The van der Waals surface area contributed by atoms with E-state index in [2.05, 4.69) is 56.3 Å². The van der Waals surface area contributed by atoms with Gasteiger partial charge in [-0.3, -0.25) is 14.7 Å². The van der Waals surface area contributed by atoms with Gasteiger partial charge in [0.1, 0.15) is 0 Å². The maximum absolute atomic E-state index is 5.39. The van der Waals surface area contributed by atoms with Crippen molar-refractivity contribution in [2.45, 2.75) is 6.42 Å². The number of morpholine rings is 1. The smallest absolute Gasteiger partial charge is 0.0963 e. The van der Waals surface area contributed by atoms with Crippen molar-refractivity contribution in [2.24, 2.45) is 7.05 Å². The SMILES string of the molecule is Cn1ncc2ccc(-c3n[nH]c4c3Cc3sc(C#CCN5CCOCC5)cc3-4)cc21. The summed E-state index contributed by atoms with van der Waals surface area (Å²) in [6, 6.07) is 8.64. The largest absolute Gasteiger partial charge is 0.379 e. The van der Waals surface area contributed by atoms with Crippen molar-refractivity contribution < 1.29 is 4.74 Å². The van der Waals surface area contributed by atoms with Gasteiger partial charge in [0.15, 0.2) is 0 Å². The number of fused-ring (bicyclic) bond motifs is 4. The van der Waals surface area contributed by atoms with Crippen molar-refractivity contribution in [3.8, 4) is 34.4 Å². The molecule has 150 valence electrons. The molecule has 6 rings (SSSR count). The fourth-order valence-corrected chi connectivity index (χ4v) is 5.33. The van der Waals surface area contributed by atoms with Crippen LogP contribution in [0.1, 0.15) is 15.3 Å². The minimum absolute atomic E-state index is 0.807. The van der Waals surface area contributed by atoms with Gasteiger partial charge in [-0.05, 0) is 12.1 Å². The molecule has 1 aliphatic carbocycles. The first-order valence-electron chi connectivity index (χ1n) is 10.2. The van der Waals surface area contributed by atoms with Crippen LogP contribution >= 0.6 is 11.3 Å². The van der Waals surface area contributed by atoms with Gasteiger partial charge in [-0.1, -0.05) is 24.0 Å². The van der Waals surface area contributed by atoms with Crippen LogP contribution < -0.4 is 0 Å². The predicted molar refractivity (Wildman–Crippen MR) is 119 cm³/mol. The fraction of sp³-hybridized carbons (Fsp3) is 0.304. The van der Waals surface area contributed by atoms with Crippen LogP contribution in [0, 0.1) is 11.8 Å². The van der Waals surface area contributed by atoms with Crippen LogP contribution in [-0.2, 0) is 18.2 Å². The lowest BCUT2D eigenvalue weighted by atomic mass is 10.0. The van der Waals surface area contributed by atoms with Gasteiger partial charge in [0.25, 0.3) is 0 Å². The number of nitrogens with zero attached hydrogens (tertiary/aromatic N) is 4. The number of ether oxygens (including phenoxy) is 1. The summed E-state index contributed by atoms with van der Waals surface area (Å²) in [6.07, 6.45) is 2.81. The Morgan fingerprint density at radius 2 is 2.13 bits per heavy atom. The molecule has 0 unspecified atom stereocenters. The zero-order chi connectivity index (χ0) is 20.1. The zero-order valence-electron chi connectivity index (χ0n) is 16.7. The number of aromatic amines is 1.